The molecule has 1 rings (SSSR count). The predicted octanol–water partition coefficient (Wildman–Crippen LogP) is 2.93. The molecule has 0 aliphatic rings. The number of nitrogens with two attached hydrogens (primary N) is 1. The Balaban J connectivity index is 0.000000399. The van der Waals surface area contributed by atoms with E-state index in [1.54, 1.807) is 12.1 Å². The summed E-state index contributed by atoms with van der Waals surface area (Å²) in [6, 6.07) is 5.51. The lowest BCUT2D eigenvalue weighted by molar-refractivity contribution is -0.138. The van der Waals surface area contributed by atoms with Crippen molar-refractivity contribution in [1.82, 2.24) is 0 Å². The van der Waals surface area contributed by atoms with Crippen molar-refractivity contribution >= 4 is 6.47 Å². The van der Waals surface area contributed by atoms with Gasteiger partial charge >= 0.3 is 0 Å². The first kappa shape index (κ1) is 17.4. The number of rotatable bonds is 3. The molecular weight excluding hydrogens is 242 g/mol. The van der Waals surface area contributed by atoms with Gasteiger partial charge in [-0.3, -0.25) is 4.79 Å². The van der Waals surface area contributed by atoms with Crippen LogP contribution in [-0.4, -0.2) is 17.2 Å². The summed E-state index contributed by atoms with van der Waals surface area (Å²) in [6.45, 7) is 10.6. The first-order valence-corrected chi connectivity index (χ1v) is 6.34. The van der Waals surface area contributed by atoms with E-state index in [4.69, 9.17) is 5.73 Å². The van der Waals surface area contributed by atoms with Crippen LogP contribution in [0.2, 0.25) is 0 Å². The molecule has 0 atom stereocenters. The van der Waals surface area contributed by atoms with Crippen molar-refractivity contribution in [3.63, 3.8) is 0 Å². The minimum atomic E-state index is -0.318. The molecule has 0 bridgehead atoms. The van der Waals surface area contributed by atoms with E-state index in [0.29, 0.717) is 24.7 Å². The number of phenolic OH excluding ortho intramolecular Hbond substituents is 1. The van der Waals surface area contributed by atoms with Gasteiger partial charge in [-0.25, -0.2) is 0 Å². The topological polar surface area (TPSA) is 72.5 Å². The molecule has 0 unspecified atom stereocenters. The minimum absolute atomic E-state index is 0.307. The summed E-state index contributed by atoms with van der Waals surface area (Å²) < 4.78 is 4.55. The molecule has 0 saturated heterocycles. The maximum absolute atomic E-state index is 9.60. The van der Waals surface area contributed by atoms with Crippen molar-refractivity contribution in [3.8, 4) is 5.75 Å². The summed E-state index contributed by atoms with van der Waals surface area (Å²) in [5.74, 6) is 0.740. The molecule has 0 amide bonds. The highest BCUT2D eigenvalue weighted by Crippen LogP contribution is 2.21. The molecule has 0 aliphatic heterocycles. The monoisotopic (exact) mass is 267 g/mol. The van der Waals surface area contributed by atoms with Gasteiger partial charge < -0.3 is 15.6 Å². The molecule has 4 nitrogen and oxygen atoms in total. The zero-order valence-electron chi connectivity index (χ0n) is 12.4. The first-order valence-electron chi connectivity index (χ1n) is 6.34. The molecule has 19 heavy (non-hydrogen) atoms. The number of ether oxygens (including phenoxy) is 1. The van der Waals surface area contributed by atoms with E-state index in [2.05, 4.69) is 18.6 Å². The van der Waals surface area contributed by atoms with E-state index in [0.717, 1.165) is 11.1 Å². The van der Waals surface area contributed by atoms with Crippen molar-refractivity contribution < 1.29 is 14.6 Å². The zero-order valence-corrected chi connectivity index (χ0v) is 12.4. The van der Waals surface area contributed by atoms with E-state index in [9.17, 15) is 9.90 Å². The Morgan fingerprint density at radius 1 is 1.32 bits per heavy atom. The fraction of sp³-hybridized carbons (Fsp3) is 0.533. The summed E-state index contributed by atoms with van der Waals surface area (Å²) in [5, 5.41) is 9.32. The second-order valence-electron chi connectivity index (χ2n) is 5.62. The molecule has 0 aromatic heterocycles. The van der Waals surface area contributed by atoms with Crippen molar-refractivity contribution in [1.29, 1.82) is 0 Å². The average molecular weight is 267 g/mol. The number of carbonyl (C=O) groups is 1. The van der Waals surface area contributed by atoms with Gasteiger partial charge in [-0.2, -0.15) is 0 Å². The van der Waals surface area contributed by atoms with Crippen LogP contribution in [0.15, 0.2) is 18.2 Å². The van der Waals surface area contributed by atoms with E-state index < -0.39 is 0 Å². The van der Waals surface area contributed by atoms with Crippen molar-refractivity contribution in [2.24, 2.45) is 5.73 Å². The highest BCUT2D eigenvalue weighted by atomic mass is 16.5. The summed E-state index contributed by atoms with van der Waals surface area (Å²) in [5.41, 5.74) is 7.28. The predicted molar refractivity (Wildman–Crippen MR) is 77.0 cm³/mol. The normalized spacial score (nSPS) is 10.7. The molecule has 108 valence electrons. The Morgan fingerprint density at radius 3 is 2.21 bits per heavy atom. The number of aromatic hydroxyl groups is 1. The van der Waals surface area contributed by atoms with Gasteiger partial charge in [0.05, 0.1) is 0 Å². The second kappa shape index (κ2) is 7.79. The summed E-state index contributed by atoms with van der Waals surface area (Å²) in [4.78, 5) is 9.60. The molecule has 1 aromatic rings. The maximum Gasteiger partial charge on any atom is 0.293 e. The van der Waals surface area contributed by atoms with Crippen LogP contribution in [0.4, 0.5) is 0 Å². The Morgan fingerprint density at radius 2 is 1.89 bits per heavy atom. The number of carbonyl (C=O) groups excluding carboxylic acids is 1. The lowest BCUT2D eigenvalue weighted by atomic mass is 10.0. The largest absolute Gasteiger partial charge is 0.508 e. The van der Waals surface area contributed by atoms with Gasteiger partial charge in [0, 0.05) is 6.54 Å². The van der Waals surface area contributed by atoms with Crippen LogP contribution in [0, 0.1) is 0 Å². The molecule has 0 aliphatic carbocycles. The Kier molecular flexibility index (Phi) is 7.16. The summed E-state index contributed by atoms with van der Waals surface area (Å²) in [6.07, 6.45) is 0. The van der Waals surface area contributed by atoms with Gasteiger partial charge in [0.1, 0.15) is 11.4 Å². The third kappa shape index (κ3) is 8.21. The van der Waals surface area contributed by atoms with E-state index in [-0.39, 0.29) is 5.60 Å². The summed E-state index contributed by atoms with van der Waals surface area (Å²) >= 11 is 0. The molecule has 3 N–H and O–H groups in total. The van der Waals surface area contributed by atoms with Crippen molar-refractivity contribution in [3.05, 3.63) is 29.3 Å². The Bertz CT molecular complexity index is 395. The van der Waals surface area contributed by atoms with E-state index >= 15 is 0 Å². The Labute approximate surface area is 115 Å². The van der Waals surface area contributed by atoms with Crippen LogP contribution in [0.3, 0.4) is 0 Å². The van der Waals surface area contributed by atoms with Crippen LogP contribution < -0.4 is 5.73 Å². The summed E-state index contributed by atoms with van der Waals surface area (Å²) in [7, 11) is 0. The standard InChI is InChI=1S/C10H15NO.C5H10O2/c1-7(2)9-3-8(6-11)4-10(12)5-9;1-5(2,3)7-4-6/h3-5,7,12H,6,11H2,1-2H3;4H,1-3H3. The highest BCUT2D eigenvalue weighted by Gasteiger charge is 2.07. The number of hydrogen-bond donors (Lipinski definition) is 2. The van der Waals surface area contributed by atoms with Crippen LogP contribution in [0.1, 0.15) is 51.7 Å². The van der Waals surface area contributed by atoms with E-state index in [1.807, 2.05) is 26.8 Å². The molecule has 4 heteroatoms. The fourth-order valence-electron chi connectivity index (χ4n) is 1.30. The van der Waals surface area contributed by atoms with Crippen LogP contribution in [-0.2, 0) is 16.1 Å². The van der Waals surface area contributed by atoms with Crippen LogP contribution in [0.5, 0.6) is 5.75 Å². The molecule has 0 heterocycles. The zero-order chi connectivity index (χ0) is 15.1. The maximum atomic E-state index is 9.60. The quantitative estimate of drug-likeness (QED) is 0.826. The van der Waals surface area contributed by atoms with Gasteiger partial charge in [-0.05, 0) is 49.9 Å². The van der Waals surface area contributed by atoms with Crippen LogP contribution >= 0.6 is 0 Å². The van der Waals surface area contributed by atoms with Gasteiger partial charge in [0.25, 0.3) is 6.47 Å². The molecule has 1 aromatic carbocycles. The molecule has 0 spiro atoms. The highest BCUT2D eigenvalue weighted by molar-refractivity contribution is 5.37. The number of benzene rings is 1. The molecule has 0 saturated carbocycles. The van der Waals surface area contributed by atoms with Crippen molar-refractivity contribution in [2.45, 2.75) is 52.7 Å². The van der Waals surface area contributed by atoms with E-state index in [1.165, 1.54) is 0 Å². The third-order valence-electron chi connectivity index (χ3n) is 2.30. The van der Waals surface area contributed by atoms with Gasteiger partial charge in [0.2, 0.25) is 0 Å². The Hall–Kier alpha value is -1.55. The fourth-order valence-corrected chi connectivity index (χ4v) is 1.30. The van der Waals surface area contributed by atoms with Crippen LogP contribution in [0.25, 0.3) is 0 Å². The lowest BCUT2D eigenvalue weighted by Crippen LogP contribution is -2.17. The smallest absolute Gasteiger partial charge is 0.293 e. The average Bonchev–Trinajstić information content (AvgIpc) is 2.27. The minimum Gasteiger partial charge on any atom is -0.508 e. The lowest BCUT2D eigenvalue weighted by Gasteiger charge is -2.14. The third-order valence-corrected chi connectivity index (χ3v) is 2.30. The van der Waals surface area contributed by atoms with Crippen molar-refractivity contribution in [2.75, 3.05) is 0 Å². The molecule has 0 radical (unpaired) electrons. The van der Waals surface area contributed by atoms with Gasteiger partial charge in [-0.1, -0.05) is 19.9 Å². The van der Waals surface area contributed by atoms with Gasteiger partial charge in [0.15, 0.2) is 0 Å². The number of phenols is 1. The first-order chi connectivity index (χ1) is 8.69. The SMILES string of the molecule is CC(C)(C)OC=O.CC(C)c1cc(O)cc(CN)c1. The molecule has 0 fully saturated rings. The van der Waals surface area contributed by atoms with Gasteiger partial charge in [-0.15, -0.1) is 0 Å². The number of hydrogen-bond acceptors (Lipinski definition) is 4. The second-order valence-corrected chi connectivity index (χ2v) is 5.62. The molecular formula is C15H25NO3.